The van der Waals surface area contributed by atoms with E-state index in [9.17, 15) is 0 Å². The molecule has 0 aromatic heterocycles. The van der Waals surface area contributed by atoms with Crippen LogP contribution in [0.1, 0.15) is 26.2 Å². The van der Waals surface area contributed by atoms with Gasteiger partial charge in [-0.15, -0.1) is 0 Å². The highest BCUT2D eigenvalue weighted by molar-refractivity contribution is 8.00. The van der Waals surface area contributed by atoms with Crippen molar-refractivity contribution >= 4 is 11.8 Å². The molecule has 2 heteroatoms. The molecule has 2 atom stereocenters. The normalized spacial score (nSPS) is 33.0. The summed E-state index contributed by atoms with van der Waals surface area (Å²) in [6, 6.07) is 0. The van der Waals surface area contributed by atoms with Crippen LogP contribution in [0.4, 0.5) is 0 Å². The first-order chi connectivity index (χ1) is 4.86. The van der Waals surface area contributed by atoms with Crippen LogP contribution < -0.4 is 0 Å². The molecule has 0 spiro atoms. The lowest BCUT2D eigenvalue weighted by atomic mass is 10.2. The quantitative estimate of drug-likeness (QED) is 0.626. The first-order valence-electron chi connectivity index (χ1n) is 4.01. The van der Waals surface area contributed by atoms with E-state index in [1.807, 2.05) is 0 Å². The van der Waals surface area contributed by atoms with Crippen molar-refractivity contribution in [3.63, 3.8) is 0 Å². The summed E-state index contributed by atoms with van der Waals surface area (Å²) in [5, 5.41) is 1.70. The van der Waals surface area contributed by atoms with Crippen molar-refractivity contribution in [1.82, 2.24) is 0 Å². The molecule has 0 bridgehead atoms. The van der Waals surface area contributed by atoms with Crippen molar-refractivity contribution in [3.8, 4) is 0 Å². The zero-order chi connectivity index (χ0) is 7.40. The SMILES string of the molecule is CCC1CCC(COC)S1. The van der Waals surface area contributed by atoms with Crippen LogP contribution in [0, 0.1) is 0 Å². The molecule has 1 heterocycles. The molecule has 0 amide bonds. The Hall–Kier alpha value is 0.310. The minimum absolute atomic E-state index is 0.787. The van der Waals surface area contributed by atoms with E-state index in [1.165, 1.54) is 19.3 Å². The summed E-state index contributed by atoms with van der Waals surface area (Å²) >= 11 is 2.11. The molecule has 1 aliphatic heterocycles. The van der Waals surface area contributed by atoms with Gasteiger partial charge in [0.05, 0.1) is 6.61 Å². The number of ether oxygens (including phenoxy) is 1. The lowest BCUT2D eigenvalue weighted by Gasteiger charge is -2.07. The summed E-state index contributed by atoms with van der Waals surface area (Å²) in [6.07, 6.45) is 4.08. The highest BCUT2D eigenvalue weighted by atomic mass is 32.2. The minimum Gasteiger partial charge on any atom is -0.384 e. The maximum Gasteiger partial charge on any atom is 0.0581 e. The Balaban J connectivity index is 2.15. The van der Waals surface area contributed by atoms with Gasteiger partial charge in [-0.3, -0.25) is 0 Å². The van der Waals surface area contributed by atoms with Crippen molar-refractivity contribution < 1.29 is 4.74 Å². The van der Waals surface area contributed by atoms with E-state index in [2.05, 4.69) is 18.7 Å². The first kappa shape index (κ1) is 8.41. The second-order valence-corrected chi connectivity index (χ2v) is 4.43. The van der Waals surface area contributed by atoms with E-state index in [-0.39, 0.29) is 0 Å². The standard InChI is InChI=1S/C8H16OS/c1-3-7-4-5-8(10-7)6-9-2/h7-8H,3-6H2,1-2H3. The van der Waals surface area contributed by atoms with Crippen molar-refractivity contribution in [3.05, 3.63) is 0 Å². The molecule has 1 saturated heterocycles. The molecule has 0 aromatic carbocycles. The number of thioether (sulfide) groups is 1. The van der Waals surface area contributed by atoms with Crippen LogP contribution in [-0.2, 0) is 4.74 Å². The smallest absolute Gasteiger partial charge is 0.0581 e. The molecular formula is C8H16OS. The zero-order valence-electron chi connectivity index (χ0n) is 6.80. The zero-order valence-corrected chi connectivity index (χ0v) is 7.62. The van der Waals surface area contributed by atoms with Gasteiger partial charge < -0.3 is 4.74 Å². The highest BCUT2D eigenvalue weighted by Gasteiger charge is 2.23. The number of rotatable bonds is 3. The topological polar surface area (TPSA) is 9.23 Å². The fourth-order valence-electron chi connectivity index (χ4n) is 1.39. The third-order valence-corrected chi connectivity index (χ3v) is 3.71. The van der Waals surface area contributed by atoms with Crippen molar-refractivity contribution in [1.29, 1.82) is 0 Å². The van der Waals surface area contributed by atoms with E-state index in [0.29, 0.717) is 0 Å². The molecular weight excluding hydrogens is 144 g/mol. The third-order valence-electron chi connectivity index (χ3n) is 2.00. The Morgan fingerprint density at radius 2 is 2.10 bits per heavy atom. The molecule has 0 saturated carbocycles. The summed E-state index contributed by atoms with van der Waals surface area (Å²) in [5.74, 6) is 0. The molecule has 60 valence electrons. The van der Waals surface area contributed by atoms with Gasteiger partial charge in [-0.1, -0.05) is 6.92 Å². The van der Waals surface area contributed by atoms with Gasteiger partial charge in [0.2, 0.25) is 0 Å². The predicted octanol–water partition coefficient (Wildman–Crippen LogP) is 2.31. The van der Waals surface area contributed by atoms with Crippen LogP contribution in [0.5, 0.6) is 0 Å². The lowest BCUT2D eigenvalue weighted by molar-refractivity contribution is 0.198. The molecule has 0 aromatic rings. The van der Waals surface area contributed by atoms with Gasteiger partial charge in [0.1, 0.15) is 0 Å². The Bertz CT molecular complexity index is 95.3. The summed E-state index contributed by atoms with van der Waals surface area (Å²) in [5.41, 5.74) is 0. The van der Waals surface area contributed by atoms with Gasteiger partial charge in [0.15, 0.2) is 0 Å². The van der Waals surface area contributed by atoms with Gasteiger partial charge in [-0.2, -0.15) is 11.8 Å². The number of hydrogen-bond donors (Lipinski definition) is 0. The molecule has 0 N–H and O–H groups in total. The van der Waals surface area contributed by atoms with E-state index in [4.69, 9.17) is 4.74 Å². The third kappa shape index (κ3) is 2.17. The van der Waals surface area contributed by atoms with E-state index < -0.39 is 0 Å². The maximum absolute atomic E-state index is 5.10. The molecule has 0 aliphatic carbocycles. The Morgan fingerprint density at radius 1 is 1.40 bits per heavy atom. The molecule has 1 aliphatic rings. The minimum atomic E-state index is 0.787. The molecule has 10 heavy (non-hydrogen) atoms. The predicted molar refractivity (Wildman–Crippen MR) is 46.6 cm³/mol. The van der Waals surface area contributed by atoms with Crippen LogP contribution in [0.2, 0.25) is 0 Å². The molecule has 2 unspecified atom stereocenters. The van der Waals surface area contributed by atoms with Crippen LogP contribution in [0.15, 0.2) is 0 Å². The first-order valence-corrected chi connectivity index (χ1v) is 4.95. The largest absolute Gasteiger partial charge is 0.384 e. The van der Waals surface area contributed by atoms with Gasteiger partial charge in [0, 0.05) is 17.6 Å². The fourth-order valence-corrected chi connectivity index (χ4v) is 2.88. The molecule has 1 fully saturated rings. The highest BCUT2D eigenvalue weighted by Crippen LogP contribution is 2.35. The van der Waals surface area contributed by atoms with Gasteiger partial charge >= 0.3 is 0 Å². The van der Waals surface area contributed by atoms with Crippen molar-refractivity contribution in [2.75, 3.05) is 13.7 Å². The second kappa shape index (κ2) is 4.24. The summed E-state index contributed by atoms with van der Waals surface area (Å²) < 4.78 is 5.10. The average Bonchev–Trinajstić information content (AvgIpc) is 2.37. The number of hydrogen-bond acceptors (Lipinski definition) is 2. The number of methoxy groups -OCH3 is 1. The Morgan fingerprint density at radius 3 is 2.60 bits per heavy atom. The van der Waals surface area contributed by atoms with Gasteiger partial charge in [-0.25, -0.2) is 0 Å². The van der Waals surface area contributed by atoms with Crippen molar-refractivity contribution in [2.24, 2.45) is 0 Å². The van der Waals surface area contributed by atoms with Crippen LogP contribution in [0.25, 0.3) is 0 Å². The maximum atomic E-state index is 5.10. The lowest BCUT2D eigenvalue weighted by Crippen LogP contribution is -2.05. The van der Waals surface area contributed by atoms with Crippen LogP contribution in [0.3, 0.4) is 0 Å². The molecule has 1 nitrogen and oxygen atoms in total. The average molecular weight is 160 g/mol. The molecule has 1 rings (SSSR count). The van der Waals surface area contributed by atoms with Crippen molar-refractivity contribution in [2.45, 2.75) is 36.7 Å². The Labute approximate surface area is 67.5 Å². The summed E-state index contributed by atoms with van der Waals surface area (Å²) in [7, 11) is 1.79. The van der Waals surface area contributed by atoms with Crippen LogP contribution >= 0.6 is 11.8 Å². The molecule has 0 radical (unpaired) electrons. The van der Waals surface area contributed by atoms with Crippen LogP contribution in [-0.4, -0.2) is 24.2 Å². The summed E-state index contributed by atoms with van der Waals surface area (Å²) in [6.45, 7) is 3.22. The second-order valence-electron chi connectivity index (χ2n) is 2.82. The van der Waals surface area contributed by atoms with E-state index in [1.54, 1.807) is 7.11 Å². The fraction of sp³-hybridized carbons (Fsp3) is 1.00. The summed E-state index contributed by atoms with van der Waals surface area (Å²) in [4.78, 5) is 0. The van der Waals surface area contributed by atoms with Gasteiger partial charge in [-0.05, 0) is 19.3 Å². The monoisotopic (exact) mass is 160 g/mol. The van der Waals surface area contributed by atoms with Gasteiger partial charge in [0.25, 0.3) is 0 Å². The Kier molecular flexibility index (Phi) is 3.57. The van der Waals surface area contributed by atoms with E-state index >= 15 is 0 Å². The van der Waals surface area contributed by atoms with E-state index in [0.717, 1.165) is 17.1 Å².